The molecule has 0 aromatic carbocycles. The molecule has 0 aliphatic rings. The van der Waals surface area contributed by atoms with Crippen molar-refractivity contribution in [3.63, 3.8) is 0 Å². The summed E-state index contributed by atoms with van der Waals surface area (Å²) >= 11 is 0. The summed E-state index contributed by atoms with van der Waals surface area (Å²) in [5, 5.41) is 0. The maximum absolute atomic E-state index is 10.7. The van der Waals surface area contributed by atoms with Gasteiger partial charge in [-0.05, 0) is 26.3 Å². The molecule has 0 rings (SSSR count). The van der Waals surface area contributed by atoms with E-state index in [2.05, 4.69) is 6.58 Å². The summed E-state index contributed by atoms with van der Waals surface area (Å²) < 4.78 is 15.8. The Morgan fingerprint density at radius 2 is 1.93 bits per heavy atom. The molecule has 0 fully saturated rings. The third kappa shape index (κ3) is 8.35. The zero-order valence-electron chi connectivity index (χ0n) is 9.53. The highest BCUT2D eigenvalue weighted by Gasteiger charge is 2.11. The average Bonchev–Trinajstić information content (AvgIpc) is 2.24. The molecule has 0 aromatic rings. The van der Waals surface area contributed by atoms with Crippen LogP contribution in [0.25, 0.3) is 0 Å². The fourth-order valence-corrected chi connectivity index (χ4v) is 2.74. The van der Waals surface area contributed by atoms with Gasteiger partial charge in [-0.1, -0.05) is 6.58 Å². The van der Waals surface area contributed by atoms with Gasteiger partial charge in [0, 0.05) is 19.3 Å². The molecular weight excluding hydrogens is 212 g/mol. The zero-order valence-corrected chi connectivity index (χ0v) is 10.7. The number of carbonyl (C=O) groups excluding carboxylic acids is 1. The van der Waals surface area contributed by atoms with Crippen molar-refractivity contribution in [3.05, 3.63) is 12.7 Å². The van der Waals surface area contributed by atoms with E-state index in [4.69, 9.17) is 13.6 Å². The molecule has 0 amide bonds. The molecule has 0 atom stereocenters. The lowest BCUT2D eigenvalue weighted by atomic mass is 10.5. The van der Waals surface area contributed by atoms with Gasteiger partial charge in [-0.25, -0.2) is 4.79 Å². The second-order valence-corrected chi connectivity index (χ2v) is 4.96. The molecule has 0 spiro atoms. The van der Waals surface area contributed by atoms with Crippen LogP contribution in [0.2, 0.25) is 6.04 Å². The monoisotopic (exact) mass is 232 g/mol. The third-order valence-corrected chi connectivity index (χ3v) is 3.99. The second-order valence-electron chi connectivity index (χ2n) is 2.85. The maximum atomic E-state index is 10.7. The Hall–Kier alpha value is -0.653. The first-order valence-electron chi connectivity index (χ1n) is 5.27. The summed E-state index contributed by atoms with van der Waals surface area (Å²) in [5.41, 5.74) is 0. The molecule has 0 bridgehead atoms. The van der Waals surface area contributed by atoms with Gasteiger partial charge in [0.2, 0.25) is 0 Å². The van der Waals surface area contributed by atoms with Crippen LogP contribution in [0, 0.1) is 0 Å². The van der Waals surface area contributed by atoms with Gasteiger partial charge >= 0.3 is 15.3 Å². The van der Waals surface area contributed by atoms with Crippen LogP contribution < -0.4 is 0 Å². The van der Waals surface area contributed by atoms with E-state index in [9.17, 15) is 4.79 Å². The number of hydrogen-bond donors (Lipinski definition) is 0. The van der Waals surface area contributed by atoms with Gasteiger partial charge in [-0.3, -0.25) is 0 Å². The van der Waals surface area contributed by atoms with Crippen LogP contribution in [-0.4, -0.2) is 35.1 Å². The van der Waals surface area contributed by atoms with Gasteiger partial charge < -0.3 is 13.6 Å². The first-order chi connectivity index (χ1) is 7.24. The van der Waals surface area contributed by atoms with Gasteiger partial charge in [0.25, 0.3) is 0 Å². The van der Waals surface area contributed by atoms with E-state index in [1.165, 1.54) is 6.08 Å². The summed E-state index contributed by atoms with van der Waals surface area (Å²) in [6.45, 7) is 9.01. The SMILES string of the molecule is C=CC(=O)OCCC[SiH](OCC)OCC. The Balaban J connectivity index is 3.52. The summed E-state index contributed by atoms with van der Waals surface area (Å²) in [6, 6.07) is 0.867. The van der Waals surface area contributed by atoms with E-state index in [0.717, 1.165) is 12.5 Å². The summed E-state index contributed by atoms with van der Waals surface area (Å²) in [6.07, 6.45) is 1.95. The van der Waals surface area contributed by atoms with Crippen molar-refractivity contribution in [3.8, 4) is 0 Å². The van der Waals surface area contributed by atoms with Crippen molar-refractivity contribution >= 4 is 15.3 Å². The molecular formula is C10H20O4Si. The minimum Gasteiger partial charge on any atom is -0.463 e. The Bertz CT molecular complexity index is 178. The lowest BCUT2D eigenvalue weighted by molar-refractivity contribution is -0.137. The fourth-order valence-electron chi connectivity index (χ4n) is 1.07. The molecule has 88 valence electrons. The molecule has 15 heavy (non-hydrogen) atoms. The largest absolute Gasteiger partial charge is 0.463 e. The molecule has 0 saturated carbocycles. The second kappa shape index (κ2) is 9.89. The standard InChI is InChI=1S/C10H20O4Si/c1-4-10(11)12-8-7-9-15(13-5-2)14-6-3/h4,15H,1,5-9H2,2-3H3. The number of esters is 1. The van der Waals surface area contributed by atoms with Gasteiger partial charge in [0.15, 0.2) is 0 Å². The normalized spacial score (nSPS) is 10.3. The van der Waals surface area contributed by atoms with E-state index in [-0.39, 0.29) is 5.97 Å². The summed E-state index contributed by atoms with van der Waals surface area (Å²) in [5.74, 6) is -0.374. The van der Waals surface area contributed by atoms with Crippen molar-refractivity contribution < 1.29 is 18.4 Å². The van der Waals surface area contributed by atoms with Crippen LogP contribution in [0.5, 0.6) is 0 Å². The minimum atomic E-state index is -1.52. The summed E-state index contributed by atoms with van der Waals surface area (Å²) in [7, 11) is -1.52. The minimum absolute atomic E-state index is 0.374. The molecule has 0 N–H and O–H groups in total. The molecule has 0 unspecified atom stereocenters. The van der Waals surface area contributed by atoms with Crippen LogP contribution in [-0.2, 0) is 18.4 Å². The van der Waals surface area contributed by atoms with E-state index in [0.29, 0.717) is 19.8 Å². The van der Waals surface area contributed by atoms with Gasteiger partial charge in [0.1, 0.15) is 0 Å². The molecule has 0 radical (unpaired) electrons. The van der Waals surface area contributed by atoms with E-state index in [1.54, 1.807) is 0 Å². The van der Waals surface area contributed by atoms with Gasteiger partial charge in [-0.2, -0.15) is 0 Å². The Labute approximate surface area is 93.1 Å². The highest BCUT2D eigenvalue weighted by atomic mass is 28.3. The molecule has 0 aromatic heterocycles. The van der Waals surface area contributed by atoms with E-state index in [1.807, 2.05) is 13.8 Å². The molecule has 0 saturated heterocycles. The number of rotatable bonds is 9. The molecule has 4 nitrogen and oxygen atoms in total. The zero-order chi connectivity index (χ0) is 11.5. The van der Waals surface area contributed by atoms with Gasteiger partial charge in [0.05, 0.1) is 6.61 Å². The van der Waals surface area contributed by atoms with Crippen LogP contribution >= 0.6 is 0 Å². The molecule has 0 aliphatic carbocycles. The molecule has 0 heterocycles. The van der Waals surface area contributed by atoms with Crippen LogP contribution in [0.3, 0.4) is 0 Å². The molecule has 5 heteroatoms. The average molecular weight is 232 g/mol. The first-order valence-corrected chi connectivity index (χ1v) is 7.02. The number of ether oxygens (including phenoxy) is 1. The predicted octanol–water partition coefficient (Wildman–Crippen LogP) is 1.40. The Kier molecular flexibility index (Phi) is 9.45. The van der Waals surface area contributed by atoms with Crippen LogP contribution in [0.15, 0.2) is 12.7 Å². The highest BCUT2D eigenvalue weighted by molar-refractivity contribution is 6.44. The number of hydrogen-bond acceptors (Lipinski definition) is 4. The lowest BCUT2D eigenvalue weighted by Crippen LogP contribution is -2.23. The third-order valence-electron chi connectivity index (χ3n) is 1.70. The maximum Gasteiger partial charge on any atom is 0.330 e. The highest BCUT2D eigenvalue weighted by Crippen LogP contribution is 2.02. The van der Waals surface area contributed by atoms with Crippen molar-refractivity contribution in [2.24, 2.45) is 0 Å². The smallest absolute Gasteiger partial charge is 0.330 e. The van der Waals surface area contributed by atoms with Crippen LogP contribution in [0.4, 0.5) is 0 Å². The van der Waals surface area contributed by atoms with Crippen LogP contribution in [0.1, 0.15) is 20.3 Å². The molecule has 0 aliphatic heterocycles. The topological polar surface area (TPSA) is 44.8 Å². The fraction of sp³-hybridized carbons (Fsp3) is 0.700. The van der Waals surface area contributed by atoms with E-state index >= 15 is 0 Å². The predicted molar refractivity (Wildman–Crippen MR) is 61.0 cm³/mol. The van der Waals surface area contributed by atoms with Crippen molar-refractivity contribution in [2.75, 3.05) is 19.8 Å². The Morgan fingerprint density at radius 1 is 1.33 bits per heavy atom. The lowest BCUT2D eigenvalue weighted by Gasteiger charge is -2.14. The quantitative estimate of drug-likeness (QED) is 0.261. The first kappa shape index (κ1) is 14.3. The van der Waals surface area contributed by atoms with E-state index < -0.39 is 9.28 Å². The van der Waals surface area contributed by atoms with Crippen molar-refractivity contribution in [1.29, 1.82) is 0 Å². The van der Waals surface area contributed by atoms with Crippen molar-refractivity contribution in [1.82, 2.24) is 0 Å². The van der Waals surface area contributed by atoms with Crippen molar-refractivity contribution in [2.45, 2.75) is 26.3 Å². The summed E-state index contributed by atoms with van der Waals surface area (Å²) in [4.78, 5) is 10.7. The number of carbonyl (C=O) groups is 1. The van der Waals surface area contributed by atoms with Gasteiger partial charge in [-0.15, -0.1) is 0 Å². The Morgan fingerprint density at radius 3 is 2.40 bits per heavy atom.